The molecule has 0 bridgehead atoms. The zero-order chi connectivity index (χ0) is 14.5. The molecule has 6 nitrogen and oxygen atoms in total. The van der Waals surface area contributed by atoms with Gasteiger partial charge in [0.2, 0.25) is 0 Å². The molecule has 2 rings (SSSR count). The number of carbonyl (C=O) groups is 1. The maximum absolute atomic E-state index is 13.7. The first-order valence-electron chi connectivity index (χ1n) is 5.91. The van der Waals surface area contributed by atoms with Crippen molar-refractivity contribution in [3.05, 3.63) is 42.0 Å². The molecule has 0 unspecified atom stereocenters. The molecule has 2 N–H and O–H groups in total. The molecule has 0 spiro atoms. The molecule has 0 atom stereocenters. The maximum atomic E-state index is 13.7. The lowest BCUT2D eigenvalue weighted by molar-refractivity contribution is 0.0696. The van der Waals surface area contributed by atoms with Gasteiger partial charge in [0, 0.05) is 13.3 Å². The molecule has 0 aliphatic heterocycles. The normalized spacial score (nSPS) is 10.5. The monoisotopic (exact) mass is 279 g/mol. The van der Waals surface area contributed by atoms with E-state index in [0.717, 1.165) is 6.07 Å². The molecular weight excluding hydrogens is 265 g/mol. The van der Waals surface area contributed by atoms with Crippen molar-refractivity contribution in [2.45, 2.75) is 6.54 Å². The lowest BCUT2D eigenvalue weighted by Crippen LogP contribution is -2.04. The summed E-state index contributed by atoms with van der Waals surface area (Å²) in [6, 6.07) is 3.69. The number of halogens is 1. The van der Waals surface area contributed by atoms with Crippen molar-refractivity contribution in [2.75, 3.05) is 19.0 Å². The van der Waals surface area contributed by atoms with E-state index in [1.54, 1.807) is 24.2 Å². The number of methoxy groups -OCH3 is 1. The van der Waals surface area contributed by atoms with Gasteiger partial charge < -0.3 is 15.2 Å². The number of aromatic carboxylic acids is 1. The highest BCUT2D eigenvalue weighted by Crippen LogP contribution is 2.20. The van der Waals surface area contributed by atoms with Crippen LogP contribution in [-0.2, 0) is 11.3 Å². The number of rotatable bonds is 6. The van der Waals surface area contributed by atoms with Gasteiger partial charge in [-0.05, 0) is 18.2 Å². The molecule has 20 heavy (non-hydrogen) atoms. The summed E-state index contributed by atoms with van der Waals surface area (Å²) in [5.74, 6) is -1.79. The highest BCUT2D eigenvalue weighted by molar-refractivity contribution is 5.88. The zero-order valence-corrected chi connectivity index (χ0v) is 10.8. The average molecular weight is 279 g/mol. The van der Waals surface area contributed by atoms with E-state index in [0.29, 0.717) is 18.8 Å². The lowest BCUT2D eigenvalue weighted by atomic mass is 10.2. The minimum absolute atomic E-state index is 0.0937. The molecule has 0 fully saturated rings. The van der Waals surface area contributed by atoms with E-state index >= 15 is 0 Å². The van der Waals surface area contributed by atoms with Crippen LogP contribution in [0.25, 0.3) is 0 Å². The molecule has 7 heteroatoms. The van der Waals surface area contributed by atoms with Crippen LogP contribution >= 0.6 is 0 Å². The topological polar surface area (TPSA) is 76.4 Å². The Bertz CT molecular complexity index is 613. The predicted molar refractivity (Wildman–Crippen MR) is 70.7 cm³/mol. The predicted octanol–water partition coefficient (Wildman–Crippen LogP) is 2.11. The third-order valence-electron chi connectivity index (χ3n) is 2.65. The van der Waals surface area contributed by atoms with Gasteiger partial charge in [-0.1, -0.05) is 0 Å². The summed E-state index contributed by atoms with van der Waals surface area (Å²) in [6.07, 6.45) is 3.27. The first kappa shape index (κ1) is 14.0. The van der Waals surface area contributed by atoms with E-state index in [9.17, 15) is 9.18 Å². The quantitative estimate of drug-likeness (QED) is 0.847. The largest absolute Gasteiger partial charge is 0.478 e. The zero-order valence-electron chi connectivity index (χ0n) is 10.8. The Morgan fingerprint density at radius 1 is 1.55 bits per heavy atom. The number of anilines is 2. The average Bonchev–Trinajstić information content (AvgIpc) is 2.86. The summed E-state index contributed by atoms with van der Waals surface area (Å²) >= 11 is 0. The standard InChI is InChI=1S/C13H14FN3O3/c1-20-5-4-17-8-10(7-15-17)16-12-3-2-9(13(18)19)6-11(12)14/h2-3,6-8,16H,4-5H2,1H3,(H,18,19). The van der Waals surface area contributed by atoms with Crippen molar-refractivity contribution in [1.82, 2.24) is 9.78 Å². The number of nitrogens with zero attached hydrogens (tertiary/aromatic N) is 2. The second-order valence-electron chi connectivity index (χ2n) is 4.11. The summed E-state index contributed by atoms with van der Waals surface area (Å²) in [7, 11) is 1.60. The highest BCUT2D eigenvalue weighted by atomic mass is 19.1. The van der Waals surface area contributed by atoms with Crippen molar-refractivity contribution in [2.24, 2.45) is 0 Å². The van der Waals surface area contributed by atoms with Crippen LogP contribution in [0.5, 0.6) is 0 Å². The van der Waals surface area contributed by atoms with Crippen LogP contribution in [0.15, 0.2) is 30.6 Å². The first-order valence-corrected chi connectivity index (χ1v) is 5.91. The van der Waals surface area contributed by atoms with Crippen LogP contribution in [-0.4, -0.2) is 34.6 Å². The second kappa shape index (κ2) is 6.16. The van der Waals surface area contributed by atoms with E-state index in [4.69, 9.17) is 9.84 Å². The Kier molecular flexibility index (Phi) is 4.31. The van der Waals surface area contributed by atoms with Crippen molar-refractivity contribution in [3.8, 4) is 0 Å². The molecule has 1 aromatic carbocycles. The van der Waals surface area contributed by atoms with Gasteiger partial charge in [-0.2, -0.15) is 5.10 Å². The van der Waals surface area contributed by atoms with Gasteiger partial charge in [0.05, 0.1) is 36.3 Å². The minimum atomic E-state index is -1.16. The van der Waals surface area contributed by atoms with Gasteiger partial charge in [0.15, 0.2) is 0 Å². The molecule has 1 aromatic heterocycles. The van der Waals surface area contributed by atoms with E-state index in [2.05, 4.69) is 10.4 Å². The Balaban J connectivity index is 2.09. The Morgan fingerprint density at radius 2 is 2.35 bits per heavy atom. The first-order chi connectivity index (χ1) is 9.60. The fourth-order valence-corrected chi connectivity index (χ4v) is 1.64. The van der Waals surface area contributed by atoms with E-state index in [-0.39, 0.29) is 11.3 Å². The second-order valence-corrected chi connectivity index (χ2v) is 4.11. The summed E-state index contributed by atoms with van der Waals surface area (Å²) in [5, 5.41) is 15.7. The van der Waals surface area contributed by atoms with Crippen molar-refractivity contribution in [1.29, 1.82) is 0 Å². The molecule has 0 saturated carbocycles. The van der Waals surface area contributed by atoms with Crippen LogP contribution in [0, 0.1) is 5.82 Å². The van der Waals surface area contributed by atoms with E-state index < -0.39 is 11.8 Å². The number of aromatic nitrogens is 2. The van der Waals surface area contributed by atoms with Gasteiger partial charge in [0.25, 0.3) is 0 Å². The molecule has 2 aromatic rings. The van der Waals surface area contributed by atoms with Gasteiger partial charge in [-0.3, -0.25) is 4.68 Å². The van der Waals surface area contributed by atoms with Crippen LogP contribution in [0.2, 0.25) is 0 Å². The Hall–Kier alpha value is -2.41. The number of ether oxygens (including phenoxy) is 1. The molecule has 106 valence electrons. The molecule has 0 amide bonds. The number of benzene rings is 1. The Morgan fingerprint density at radius 3 is 3.00 bits per heavy atom. The maximum Gasteiger partial charge on any atom is 0.335 e. The lowest BCUT2D eigenvalue weighted by Gasteiger charge is -2.05. The summed E-state index contributed by atoms with van der Waals surface area (Å²) < 4.78 is 20.3. The fraction of sp³-hybridized carbons (Fsp3) is 0.231. The molecule has 0 aliphatic carbocycles. The van der Waals surface area contributed by atoms with Gasteiger partial charge in [-0.25, -0.2) is 9.18 Å². The highest BCUT2D eigenvalue weighted by Gasteiger charge is 2.09. The number of carboxylic acid groups (broad SMARTS) is 1. The van der Waals surface area contributed by atoms with Crippen LogP contribution in [0.1, 0.15) is 10.4 Å². The van der Waals surface area contributed by atoms with Crippen molar-refractivity contribution >= 4 is 17.3 Å². The smallest absolute Gasteiger partial charge is 0.335 e. The van der Waals surface area contributed by atoms with Crippen LogP contribution < -0.4 is 5.32 Å². The summed E-state index contributed by atoms with van der Waals surface area (Å²) in [5.41, 5.74) is 0.716. The van der Waals surface area contributed by atoms with E-state index in [1.165, 1.54) is 12.1 Å². The Labute approximate surface area is 114 Å². The SMILES string of the molecule is COCCn1cc(Nc2ccc(C(=O)O)cc2F)cn1. The van der Waals surface area contributed by atoms with Crippen molar-refractivity contribution in [3.63, 3.8) is 0 Å². The number of hydrogen-bond donors (Lipinski definition) is 2. The number of carboxylic acids is 1. The third-order valence-corrected chi connectivity index (χ3v) is 2.65. The van der Waals surface area contributed by atoms with E-state index in [1.807, 2.05) is 0 Å². The molecule has 0 saturated heterocycles. The molecule has 0 radical (unpaired) electrons. The molecule has 1 heterocycles. The third kappa shape index (κ3) is 3.33. The molecule has 0 aliphatic rings. The molecular formula is C13H14FN3O3. The number of hydrogen-bond acceptors (Lipinski definition) is 4. The fourth-order valence-electron chi connectivity index (χ4n) is 1.64. The van der Waals surface area contributed by atoms with Gasteiger partial charge in [-0.15, -0.1) is 0 Å². The number of nitrogens with one attached hydrogen (secondary N) is 1. The van der Waals surface area contributed by atoms with Crippen molar-refractivity contribution < 1.29 is 19.0 Å². The van der Waals surface area contributed by atoms with Gasteiger partial charge in [0.1, 0.15) is 5.82 Å². The van der Waals surface area contributed by atoms with Crippen LogP contribution in [0.3, 0.4) is 0 Å². The summed E-state index contributed by atoms with van der Waals surface area (Å²) in [6.45, 7) is 1.13. The van der Waals surface area contributed by atoms with Gasteiger partial charge >= 0.3 is 5.97 Å². The minimum Gasteiger partial charge on any atom is -0.478 e. The van der Waals surface area contributed by atoms with Crippen LogP contribution in [0.4, 0.5) is 15.8 Å². The summed E-state index contributed by atoms with van der Waals surface area (Å²) in [4.78, 5) is 10.7.